The smallest absolute Gasteiger partial charge is 0.220 e. The number of rotatable bonds is 6. The molecule has 0 saturated heterocycles. The number of benzene rings is 1. The largest absolute Gasteiger partial charge is 0.493 e. The van der Waals surface area contributed by atoms with E-state index in [-0.39, 0.29) is 12.5 Å². The van der Waals surface area contributed by atoms with Gasteiger partial charge in [-0.15, -0.1) is 0 Å². The number of ether oxygens (including phenoxy) is 1. The van der Waals surface area contributed by atoms with Crippen LogP contribution in [0.15, 0.2) is 18.2 Å². The maximum Gasteiger partial charge on any atom is 0.220 e. The van der Waals surface area contributed by atoms with Crippen molar-refractivity contribution in [3.8, 4) is 5.75 Å². The fraction of sp³-hybridized carbons (Fsp3) is 0.533. The Kier molecular flexibility index (Phi) is 4.80. The van der Waals surface area contributed by atoms with Crippen LogP contribution >= 0.6 is 0 Å². The topological polar surface area (TPSA) is 58.6 Å². The molecule has 1 aromatic carbocycles. The van der Waals surface area contributed by atoms with Gasteiger partial charge in [-0.1, -0.05) is 19.4 Å². The van der Waals surface area contributed by atoms with Crippen molar-refractivity contribution in [1.29, 1.82) is 0 Å². The van der Waals surface area contributed by atoms with Crippen LogP contribution in [0.25, 0.3) is 0 Å². The number of amides is 1. The first-order chi connectivity index (χ1) is 9.20. The van der Waals surface area contributed by atoms with Crippen molar-refractivity contribution in [1.82, 2.24) is 5.32 Å². The molecule has 104 valence electrons. The molecule has 1 aliphatic rings. The van der Waals surface area contributed by atoms with E-state index in [9.17, 15) is 9.90 Å². The maximum absolute atomic E-state index is 11.5. The second-order valence-electron chi connectivity index (χ2n) is 4.89. The van der Waals surface area contributed by atoms with Gasteiger partial charge in [-0.05, 0) is 29.7 Å². The van der Waals surface area contributed by atoms with Gasteiger partial charge in [0.15, 0.2) is 0 Å². The molecule has 0 spiro atoms. The molecule has 4 heteroatoms. The average Bonchev–Trinajstić information content (AvgIpc) is 2.89. The molecule has 1 aliphatic heterocycles. The lowest BCUT2D eigenvalue weighted by atomic mass is 10.0. The average molecular weight is 263 g/mol. The number of fused-ring (bicyclic) bond motifs is 1. The normalized spacial score (nSPS) is 14.6. The molecule has 0 aliphatic carbocycles. The minimum absolute atomic E-state index is 0.00499. The third-order valence-corrected chi connectivity index (χ3v) is 3.35. The highest BCUT2D eigenvalue weighted by Crippen LogP contribution is 2.27. The summed E-state index contributed by atoms with van der Waals surface area (Å²) in [6, 6.07) is 5.71. The van der Waals surface area contributed by atoms with Gasteiger partial charge in [0, 0.05) is 19.4 Å². The summed E-state index contributed by atoms with van der Waals surface area (Å²) in [5.74, 6) is 0.910. The Morgan fingerprint density at radius 1 is 1.53 bits per heavy atom. The SMILES string of the molecule is CCCCC(=O)NCC(O)c1ccc2c(c1)CCO2. The zero-order valence-corrected chi connectivity index (χ0v) is 11.3. The van der Waals surface area contributed by atoms with E-state index in [1.165, 1.54) is 0 Å². The fourth-order valence-corrected chi connectivity index (χ4v) is 2.17. The van der Waals surface area contributed by atoms with Crippen molar-refractivity contribution in [2.45, 2.75) is 38.7 Å². The highest BCUT2D eigenvalue weighted by Gasteiger charge is 2.15. The van der Waals surface area contributed by atoms with Gasteiger partial charge in [-0.3, -0.25) is 4.79 Å². The quantitative estimate of drug-likeness (QED) is 0.825. The molecule has 1 heterocycles. The second kappa shape index (κ2) is 6.57. The summed E-state index contributed by atoms with van der Waals surface area (Å²) in [7, 11) is 0. The molecule has 0 aromatic heterocycles. The number of carbonyl (C=O) groups excluding carboxylic acids is 1. The Morgan fingerprint density at radius 3 is 3.16 bits per heavy atom. The lowest BCUT2D eigenvalue weighted by Crippen LogP contribution is -2.28. The number of hydrogen-bond donors (Lipinski definition) is 2. The summed E-state index contributed by atoms with van der Waals surface area (Å²) in [6.07, 6.45) is 2.65. The second-order valence-corrected chi connectivity index (χ2v) is 4.89. The van der Waals surface area contributed by atoms with E-state index < -0.39 is 6.10 Å². The van der Waals surface area contributed by atoms with Crippen molar-refractivity contribution in [2.24, 2.45) is 0 Å². The zero-order chi connectivity index (χ0) is 13.7. The van der Waals surface area contributed by atoms with Crippen LogP contribution in [-0.4, -0.2) is 24.2 Å². The minimum Gasteiger partial charge on any atom is -0.493 e. The Hall–Kier alpha value is -1.55. The van der Waals surface area contributed by atoms with Gasteiger partial charge in [0.1, 0.15) is 5.75 Å². The number of nitrogens with one attached hydrogen (secondary N) is 1. The van der Waals surface area contributed by atoms with Gasteiger partial charge in [0.25, 0.3) is 0 Å². The molecule has 2 N–H and O–H groups in total. The Labute approximate surface area is 113 Å². The first-order valence-corrected chi connectivity index (χ1v) is 6.91. The predicted octanol–water partition coefficient (Wildman–Crippen LogP) is 1.96. The van der Waals surface area contributed by atoms with Gasteiger partial charge >= 0.3 is 0 Å². The van der Waals surface area contributed by atoms with E-state index in [2.05, 4.69) is 12.2 Å². The van der Waals surface area contributed by atoms with Crippen LogP contribution in [0.4, 0.5) is 0 Å². The monoisotopic (exact) mass is 263 g/mol. The molecule has 0 bridgehead atoms. The molecule has 2 rings (SSSR count). The third kappa shape index (κ3) is 3.70. The number of carbonyl (C=O) groups is 1. The molecular formula is C15H21NO3. The number of hydrogen-bond acceptors (Lipinski definition) is 3. The Balaban J connectivity index is 1.86. The van der Waals surface area contributed by atoms with Crippen LogP contribution < -0.4 is 10.1 Å². The molecule has 1 amide bonds. The summed E-state index contributed by atoms with van der Waals surface area (Å²) in [6.45, 7) is 3.03. The summed E-state index contributed by atoms with van der Waals surface area (Å²) in [5.41, 5.74) is 1.97. The minimum atomic E-state index is -0.656. The molecule has 1 unspecified atom stereocenters. The Morgan fingerprint density at radius 2 is 2.37 bits per heavy atom. The predicted molar refractivity (Wildman–Crippen MR) is 73.1 cm³/mol. The lowest BCUT2D eigenvalue weighted by molar-refractivity contribution is -0.121. The van der Waals surface area contributed by atoms with E-state index in [0.717, 1.165) is 36.1 Å². The van der Waals surface area contributed by atoms with Crippen molar-refractivity contribution < 1.29 is 14.6 Å². The van der Waals surface area contributed by atoms with Crippen LogP contribution in [0.2, 0.25) is 0 Å². The zero-order valence-electron chi connectivity index (χ0n) is 11.3. The molecular weight excluding hydrogens is 242 g/mol. The first kappa shape index (κ1) is 13.9. The van der Waals surface area contributed by atoms with Crippen LogP contribution in [0, 0.1) is 0 Å². The number of aliphatic hydroxyl groups is 1. The first-order valence-electron chi connectivity index (χ1n) is 6.91. The summed E-state index contributed by atoms with van der Waals surface area (Å²) in [4.78, 5) is 11.5. The summed E-state index contributed by atoms with van der Waals surface area (Å²) >= 11 is 0. The summed E-state index contributed by atoms with van der Waals surface area (Å²) < 4.78 is 5.42. The maximum atomic E-state index is 11.5. The van der Waals surface area contributed by atoms with Crippen LogP contribution in [0.5, 0.6) is 5.75 Å². The number of unbranched alkanes of at least 4 members (excludes halogenated alkanes) is 1. The molecule has 1 aromatic rings. The molecule has 4 nitrogen and oxygen atoms in total. The molecule has 0 saturated carbocycles. The third-order valence-electron chi connectivity index (χ3n) is 3.35. The van der Waals surface area contributed by atoms with E-state index >= 15 is 0 Å². The van der Waals surface area contributed by atoms with E-state index in [0.29, 0.717) is 13.0 Å². The van der Waals surface area contributed by atoms with E-state index in [1.807, 2.05) is 18.2 Å². The fourth-order valence-electron chi connectivity index (χ4n) is 2.17. The highest BCUT2D eigenvalue weighted by molar-refractivity contribution is 5.75. The van der Waals surface area contributed by atoms with Crippen LogP contribution in [0.3, 0.4) is 0 Å². The van der Waals surface area contributed by atoms with Gasteiger partial charge < -0.3 is 15.2 Å². The van der Waals surface area contributed by atoms with Gasteiger partial charge in [0.05, 0.1) is 12.7 Å². The van der Waals surface area contributed by atoms with Crippen LogP contribution in [-0.2, 0) is 11.2 Å². The van der Waals surface area contributed by atoms with Crippen molar-refractivity contribution in [3.63, 3.8) is 0 Å². The highest BCUT2D eigenvalue weighted by atomic mass is 16.5. The van der Waals surface area contributed by atoms with Crippen molar-refractivity contribution in [2.75, 3.05) is 13.2 Å². The van der Waals surface area contributed by atoms with Crippen LogP contribution in [0.1, 0.15) is 43.4 Å². The Bertz CT molecular complexity index is 445. The van der Waals surface area contributed by atoms with Gasteiger partial charge in [-0.2, -0.15) is 0 Å². The molecule has 0 radical (unpaired) electrons. The van der Waals surface area contributed by atoms with Crippen molar-refractivity contribution in [3.05, 3.63) is 29.3 Å². The summed E-state index contributed by atoms with van der Waals surface area (Å²) in [5, 5.41) is 12.8. The number of aliphatic hydroxyl groups excluding tert-OH is 1. The lowest BCUT2D eigenvalue weighted by Gasteiger charge is -2.13. The standard InChI is InChI=1S/C15H21NO3/c1-2-3-4-15(18)16-10-13(17)11-5-6-14-12(9-11)7-8-19-14/h5-6,9,13,17H,2-4,7-8,10H2,1H3,(H,16,18). The van der Waals surface area contributed by atoms with E-state index in [4.69, 9.17) is 4.74 Å². The van der Waals surface area contributed by atoms with Gasteiger partial charge in [0.2, 0.25) is 5.91 Å². The molecule has 19 heavy (non-hydrogen) atoms. The van der Waals surface area contributed by atoms with E-state index in [1.54, 1.807) is 0 Å². The molecule has 1 atom stereocenters. The van der Waals surface area contributed by atoms with Gasteiger partial charge in [-0.25, -0.2) is 0 Å². The molecule has 0 fully saturated rings. The van der Waals surface area contributed by atoms with Crippen molar-refractivity contribution >= 4 is 5.91 Å².